The molecule has 0 radical (unpaired) electrons. The summed E-state index contributed by atoms with van der Waals surface area (Å²) < 4.78 is 80.1. The van der Waals surface area contributed by atoms with Crippen LogP contribution in [0.15, 0.2) is 54.1 Å². The molecule has 130 valence electrons. The fourth-order valence-electron chi connectivity index (χ4n) is 2.48. The van der Waals surface area contributed by atoms with Gasteiger partial charge in [-0.05, 0) is 12.2 Å². The Morgan fingerprint density at radius 3 is 1.88 bits per heavy atom. The van der Waals surface area contributed by atoms with E-state index in [1.165, 1.54) is 24.3 Å². The molecule has 0 spiro atoms. The van der Waals surface area contributed by atoms with Gasteiger partial charge in [0.2, 0.25) is 5.41 Å². The standard InChI is InChI=1S/C15H12F6N2O/c16-14(17,18)12(15(19,20)21)8-10(6-7-13(12,22)23)11(24)9-4-2-1-3-5-9/h1-8H,22-23H2. The number of nitrogens with two attached hydrogens (primary N) is 2. The van der Waals surface area contributed by atoms with Crippen LogP contribution in [0.2, 0.25) is 0 Å². The molecule has 1 aliphatic rings. The molecular formula is C15H12F6N2O. The molecule has 9 heteroatoms. The first-order valence-corrected chi connectivity index (χ1v) is 6.56. The SMILES string of the molecule is NC1(N)C=CC(C(=O)c2ccccc2)=CC1(C(F)(F)F)C(F)(F)F. The summed E-state index contributed by atoms with van der Waals surface area (Å²) in [5.41, 5.74) is 1.53. The maximum Gasteiger partial charge on any atom is 0.410 e. The minimum absolute atomic E-state index is 0.0619. The van der Waals surface area contributed by atoms with Crippen molar-refractivity contribution in [1.29, 1.82) is 0 Å². The van der Waals surface area contributed by atoms with Crippen LogP contribution < -0.4 is 11.5 Å². The van der Waals surface area contributed by atoms with Crippen molar-refractivity contribution in [2.24, 2.45) is 16.9 Å². The van der Waals surface area contributed by atoms with Crippen molar-refractivity contribution < 1.29 is 31.1 Å². The van der Waals surface area contributed by atoms with Gasteiger partial charge < -0.3 is 11.5 Å². The van der Waals surface area contributed by atoms with E-state index in [-0.39, 0.29) is 11.6 Å². The van der Waals surface area contributed by atoms with Crippen LogP contribution in [0, 0.1) is 5.41 Å². The Balaban J connectivity index is 2.67. The van der Waals surface area contributed by atoms with Crippen molar-refractivity contribution in [1.82, 2.24) is 0 Å². The zero-order chi connectivity index (χ0) is 18.4. The Labute approximate surface area is 132 Å². The Morgan fingerprint density at radius 1 is 0.917 bits per heavy atom. The van der Waals surface area contributed by atoms with Crippen molar-refractivity contribution in [2.75, 3.05) is 0 Å². The number of alkyl halides is 6. The molecule has 0 bridgehead atoms. The summed E-state index contributed by atoms with van der Waals surface area (Å²) in [5.74, 6) is -1.000. The first-order valence-electron chi connectivity index (χ1n) is 6.56. The summed E-state index contributed by atoms with van der Waals surface area (Å²) in [6.07, 6.45) is -10.8. The van der Waals surface area contributed by atoms with Gasteiger partial charge in [-0.15, -0.1) is 0 Å². The number of benzene rings is 1. The van der Waals surface area contributed by atoms with E-state index in [0.29, 0.717) is 6.08 Å². The predicted octanol–water partition coefficient (Wildman–Crippen LogP) is 3.09. The van der Waals surface area contributed by atoms with E-state index in [0.717, 1.165) is 6.08 Å². The van der Waals surface area contributed by atoms with Gasteiger partial charge in [0.05, 0.1) is 0 Å². The lowest BCUT2D eigenvalue weighted by molar-refractivity contribution is -0.336. The van der Waals surface area contributed by atoms with Gasteiger partial charge >= 0.3 is 12.4 Å². The van der Waals surface area contributed by atoms with E-state index in [4.69, 9.17) is 11.5 Å². The summed E-state index contributed by atoms with van der Waals surface area (Å²) in [6, 6.07) is 6.94. The first-order chi connectivity index (χ1) is 10.8. The average Bonchev–Trinajstić information content (AvgIpc) is 2.44. The van der Waals surface area contributed by atoms with E-state index in [1.54, 1.807) is 6.07 Å². The van der Waals surface area contributed by atoms with Crippen molar-refractivity contribution in [3.8, 4) is 0 Å². The summed E-state index contributed by atoms with van der Waals surface area (Å²) in [7, 11) is 0. The van der Waals surface area contributed by atoms with Gasteiger partial charge in [0.15, 0.2) is 5.78 Å². The minimum atomic E-state index is -5.86. The molecule has 0 amide bonds. The van der Waals surface area contributed by atoms with Crippen molar-refractivity contribution in [3.63, 3.8) is 0 Å². The topological polar surface area (TPSA) is 69.1 Å². The largest absolute Gasteiger partial charge is 0.410 e. The van der Waals surface area contributed by atoms with Gasteiger partial charge in [-0.25, -0.2) is 0 Å². The third-order valence-electron chi connectivity index (χ3n) is 3.79. The first kappa shape index (κ1) is 18.2. The average molecular weight is 350 g/mol. The van der Waals surface area contributed by atoms with Gasteiger partial charge in [0.1, 0.15) is 5.66 Å². The number of ketones is 1. The molecule has 1 aromatic rings. The van der Waals surface area contributed by atoms with Crippen LogP contribution in [0.3, 0.4) is 0 Å². The number of hydrogen-bond donors (Lipinski definition) is 2. The second-order valence-corrected chi connectivity index (χ2v) is 5.36. The molecule has 2 rings (SSSR count). The van der Waals surface area contributed by atoms with Crippen LogP contribution in [-0.2, 0) is 0 Å². The molecule has 3 nitrogen and oxygen atoms in total. The smallest absolute Gasteiger partial charge is 0.309 e. The number of hydrogen-bond acceptors (Lipinski definition) is 3. The van der Waals surface area contributed by atoms with E-state index in [9.17, 15) is 31.1 Å². The summed E-state index contributed by atoms with van der Waals surface area (Å²) in [5, 5.41) is 0. The summed E-state index contributed by atoms with van der Waals surface area (Å²) in [6.45, 7) is 0. The normalized spacial score (nSPS) is 19.8. The highest BCUT2D eigenvalue weighted by molar-refractivity contribution is 6.10. The number of Topliss-reactive ketones (excluding diaryl/α,β-unsaturated/α-hetero) is 1. The molecule has 0 fully saturated rings. The number of halogens is 6. The van der Waals surface area contributed by atoms with Gasteiger partial charge in [-0.3, -0.25) is 4.79 Å². The number of allylic oxidation sites excluding steroid dienone is 2. The van der Waals surface area contributed by atoms with Crippen LogP contribution in [0.5, 0.6) is 0 Å². The number of rotatable bonds is 2. The Morgan fingerprint density at radius 2 is 1.42 bits per heavy atom. The molecule has 0 saturated heterocycles. The molecule has 1 aromatic carbocycles. The lowest BCUT2D eigenvalue weighted by Crippen LogP contribution is -2.72. The molecule has 4 N–H and O–H groups in total. The Bertz CT molecular complexity index is 687. The second-order valence-electron chi connectivity index (χ2n) is 5.36. The molecule has 0 aliphatic heterocycles. The zero-order valence-corrected chi connectivity index (χ0v) is 11.9. The zero-order valence-electron chi connectivity index (χ0n) is 11.9. The molecule has 1 aliphatic carbocycles. The fourth-order valence-corrected chi connectivity index (χ4v) is 2.48. The van der Waals surface area contributed by atoms with Gasteiger partial charge in [0.25, 0.3) is 0 Å². The minimum Gasteiger partial charge on any atom is -0.309 e. The number of carbonyl (C=O) groups excluding carboxylic acids is 1. The highest BCUT2D eigenvalue weighted by Gasteiger charge is 2.77. The monoisotopic (exact) mass is 350 g/mol. The lowest BCUT2D eigenvalue weighted by atomic mass is 9.69. The molecule has 0 atom stereocenters. The predicted molar refractivity (Wildman–Crippen MR) is 73.6 cm³/mol. The quantitative estimate of drug-likeness (QED) is 0.489. The molecule has 0 unspecified atom stereocenters. The fraction of sp³-hybridized carbons (Fsp3) is 0.267. The van der Waals surface area contributed by atoms with Crippen molar-refractivity contribution in [3.05, 3.63) is 59.7 Å². The van der Waals surface area contributed by atoms with Crippen LogP contribution in [0.25, 0.3) is 0 Å². The van der Waals surface area contributed by atoms with Crippen molar-refractivity contribution in [2.45, 2.75) is 18.0 Å². The van der Waals surface area contributed by atoms with E-state index in [1.807, 2.05) is 0 Å². The number of carbonyl (C=O) groups is 1. The summed E-state index contributed by atoms with van der Waals surface area (Å²) >= 11 is 0. The third-order valence-corrected chi connectivity index (χ3v) is 3.79. The van der Waals surface area contributed by atoms with Gasteiger partial charge in [0, 0.05) is 11.1 Å². The van der Waals surface area contributed by atoms with Crippen LogP contribution in [-0.4, -0.2) is 23.8 Å². The summed E-state index contributed by atoms with van der Waals surface area (Å²) in [4.78, 5) is 12.2. The van der Waals surface area contributed by atoms with E-state index in [2.05, 4.69) is 0 Å². The highest BCUT2D eigenvalue weighted by atomic mass is 19.4. The maximum absolute atomic E-state index is 13.4. The van der Waals surface area contributed by atoms with Gasteiger partial charge in [-0.1, -0.05) is 36.4 Å². The molecule has 0 heterocycles. The highest BCUT2D eigenvalue weighted by Crippen LogP contribution is 2.57. The van der Waals surface area contributed by atoms with Gasteiger partial charge in [-0.2, -0.15) is 26.3 Å². The van der Waals surface area contributed by atoms with Crippen molar-refractivity contribution >= 4 is 5.78 Å². The molecule has 0 saturated carbocycles. The van der Waals surface area contributed by atoms with Crippen LogP contribution >= 0.6 is 0 Å². The molecule has 0 aromatic heterocycles. The third kappa shape index (κ3) is 2.63. The van der Waals surface area contributed by atoms with E-state index >= 15 is 0 Å². The Hall–Kier alpha value is -2.13. The Kier molecular flexibility index (Phi) is 4.14. The van der Waals surface area contributed by atoms with E-state index < -0.39 is 34.8 Å². The maximum atomic E-state index is 13.4. The molecular weight excluding hydrogens is 338 g/mol. The van der Waals surface area contributed by atoms with Crippen LogP contribution in [0.1, 0.15) is 10.4 Å². The lowest BCUT2D eigenvalue weighted by Gasteiger charge is -2.46. The molecule has 24 heavy (non-hydrogen) atoms. The van der Waals surface area contributed by atoms with Crippen LogP contribution in [0.4, 0.5) is 26.3 Å². The second kappa shape index (κ2) is 5.45.